The van der Waals surface area contributed by atoms with Crippen molar-refractivity contribution < 1.29 is 25.1 Å². The van der Waals surface area contributed by atoms with Crippen LogP contribution in [0.2, 0.25) is 0 Å². The van der Waals surface area contributed by atoms with Crippen LogP contribution < -0.4 is 0 Å². The van der Waals surface area contributed by atoms with E-state index < -0.39 is 11.6 Å². The summed E-state index contributed by atoms with van der Waals surface area (Å²) in [6, 6.07) is 8.73. The molecule has 0 radical (unpaired) electrons. The van der Waals surface area contributed by atoms with Gasteiger partial charge < -0.3 is 0 Å². The van der Waals surface area contributed by atoms with Crippen molar-refractivity contribution in [2.24, 2.45) is 0 Å². The molecule has 0 aliphatic heterocycles. The van der Waals surface area contributed by atoms with Gasteiger partial charge in [0.15, 0.2) is 0 Å². The summed E-state index contributed by atoms with van der Waals surface area (Å²) >= 11 is 0. The van der Waals surface area contributed by atoms with E-state index in [1.165, 1.54) is 0 Å². The van der Waals surface area contributed by atoms with E-state index in [1.807, 2.05) is 26.8 Å². The van der Waals surface area contributed by atoms with Gasteiger partial charge in [0, 0.05) is 0 Å². The van der Waals surface area contributed by atoms with Crippen molar-refractivity contribution in [3.05, 3.63) is 35.9 Å². The molecular weight excluding hydrogens is 212 g/mol. The minimum Gasteiger partial charge on any atom is -0.292 e. The van der Waals surface area contributed by atoms with Crippen LogP contribution in [0.25, 0.3) is 0 Å². The molecule has 1 rings (SSSR count). The molecular formula is C11H16O5. The molecule has 1 aromatic rings. The van der Waals surface area contributed by atoms with Gasteiger partial charge in [-0.3, -0.25) is 15.4 Å². The van der Waals surface area contributed by atoms with Crippen molar-refractivity contribution in [3.63, 3.8) is 0 Å². The first-order valence-corrected chi connectivity index (χ1v) is 4.64. The molecule has 0 atom stereocenters. The van der Waals surface area contributed by atoms with Crippen LogP contribution in [-0.4, -0.2) is 22.1 Å². The van der Waals surface area contributed by atoms with E-state index in [1.54, 1.807) is 24.3 Å². The van der Waals surface area contributed by atoms with Crippen molar-refractivity contribution in [2.45, 2.75) is 26.4 Å². The molecule has 1 aromatic carbocycles. The maximum absolute atomic E-state index is 11.3. The fraction of sp³-hybridized carbons (Fsp3) is 0.364. The molecule has 0 aliphatic carbocycles. The van der Waals surface area contributed by atoms with Crippen LogP contribution in [0, 0.1) is 0 Å². The lowest BCUT2D eigenvalue weighted by molar-refractivity contribution is -0.301. The molecule has 2 N–H and O–H groups in total. The van der Waals surface area contributed by atoms with E-state index >= 15 is 0 Å². The van der Waals surface area contributed by atoms with Gasteiger partial charge in [0.1, 0.15) is 5.60 Å². The van der Waals surface area contributed by atoms with Gasteiger partial charge in [0.25, 0.3) is 0 Å². The van der Waals surface area contributed by atoms with E-state index in [0.717, 1.165) is 0 Å². The molecule has 0 aliphatic rings. The molecule has 0 aromatic heterocycles. The predicted molar refractivity (Wildman–Crippen MR) is 58.0 cm³/mol. The van der Waals surface area contributed by atoms with E-state index in [0.29, 0.717) is 5.56 Å². The van der Waals surface area contributed by atoms with Crippen molar-refractivity contribution >= 4 is 5.97 Å². The highest BCUT2D eigenvalue weighted by Gasteiger charge is 2.15. The Morgan fingerprint density at radius 2 is 1.62 bits per heavy atom. The first-order valence-electron chi connectivity index (χ1n) is 4.64. The number of hydrogen-bond acceptors (Lipinski definition) is 5. The third kappa shape index (κ3) is 6.13. The van der Waals surface area contributed by atoms with Gasteiger partial charge in [-0.15, -0.1) is 0 Å². The maximum atomic E-state index is 11.3. The normalized spacial score (nSPS) is 10.1. The third-order valence-electron chi connectivity index (χ3n) is 1.38. The zero-order chi connectivity index (χ0) is 12.6. The quantitative estimate of drug-likeness (QED) is 0.601. The van der Waals surface area contributed by atoms with Gasteiger partial charge in [-0.05, 0) is 32.9 Å². The Morgan fingerprint density at radius 3 is 2.06 bits per heavy atom. The molecule has 0 saturated heterocycles. The second-order valence-corrected chi connectivity index (χ2v) is 3.93. The van der Waals surface area contributed by atoms with Crippen LogP contribution in [-0.2, 0) is 9.78 Å². The van der Waals surface area contributed by atoms with E-state index in [9.17, 15) is 4.79 Å². The lowest BCUT2D eigenvalue weighted by atomic mass is 10.2. The van der Waals surface area contributed by atoms with Crippen molar-refractivity contribution in [3.8, 4) is 0 Å². The van der Waals surface area contributed by atoms with Crippen LogP contribution in [0.15, 0.2) is 30.3 Å². The summed E-state index contributed by atoms with van der Waals surface area (Å²) in [4.78, 5) is 20.9. The van der Waals surface area contributed by atoms with Crippen LogP contribution >= 0.6 is 0 Å². The fourth-order valence-electron chi connectivity index (χ4n) is 0.785. The highest BCUT2D eigenvalue weighted by Crippen LogP contribution is 2.09. The number of rotatable bonds is 2. The largest absolute Gasteiger partial charge is 0.373 e. The molecule has 0 fully saturated rings. The van der Waals surface area contributed by atoms with Gasteiger partial charge in [0.2, 0.25) is 0 Å². The van der Waals surface area contributed by atoms with E-state index in [2.05, 4.69) is 4.89 Å². The number of hydrogen-bond donors (Lipinski definition) is 2. The Bertz CT molecular complexity index is 302. The SMILES string of the molecule is CC(C)(C)OOC(=O)c1ccccc1.OO. The summed E-state index contributed by atoms with van der Waals surface area (Å²) in [6.45, 7) is 5.43. The number of benzene rings is 1. The molecule has 0 heterocycles. The Balaban J connectivity index is 0.00000106. The Morgan fingerprint density at radius 1 is 1.12 bits per heavy atom. The second-order valence-electron chi connectivity index (χ2n) is 3.93. The third-order valence-corrected chi connectivity index (χ3v) is 1.38. The molecule has 5 heteroatoms. The standard InChI is InChI=1S/C11H14O3.H2O2/c1-11(2,3)14-13-10(12)9-7-5-4-6-8-9;1-2/h4-8H,1-3H3;1-2H. The van der Waals surface area contributed by atoms with Crippen molar-refractivity contribution in [1.29, 1.82) is 0 Å². The summed E-state index contributed by atoms with van der Waals surface area (Å²) in [5.41, 5.74) is 0.00140. The Kier molecular flexibility index (Phi) is 6.32. The molecule has 0 saturated carbocycles. The predicted octanol–water partition coefficient (Wildman–Crippen LogP) is 2.59. The zero-order valence-electron chi connectivity index (χ0n) is 9.51. The van der Waals surface area contributed by atoms with Gasteiger partial charge in [0.05, 0.1) is 5.56 Å². The Labute approximate surface area is 94.1 Å². The highest BCUT2D eigenvalue weighted by molar-refractivity contribution is 5.88. The lowest BCUT2D eigenvalue weighted by Crippen LogP contribution is -2.21. The molecule has 0 unspecified atom stereocenters. The maximum Gasteiger partial charge on any atom is 0.373 e. The van der Waals surface area contributed by atoms with Crippen LogP contribution in [0.5, 0.6) is 0 Å². The average Bonchev–Trinajstić information content (AvgIpc) is 2.29. The van der Waals surface area contributed by atoms with Crippen molar-refractivity contribution in [2.75, 3.05) is 0 Å². The topological polar surface area (TPSA) is 76.0 Å². The minimum atomic E-state index is -0.482. The van der Waals surface area contributed by atoms with Gasteiger partial charge in [-0.25, -0.2) is 4.79 Å². The molecule has 90 valence electrons. The summed E-state index contributed by atoms with van der Waals surface area (Å²) < 4.78 is 0. The molecule has 0 bridgehead atoms. The van der Waals surface area contributed by atoms with E-state index in [-0.39, 0.29) is 0 Å². The van der Waals surface area contributed by atoms with Gasteiger partial charge in [-0.1, -0.05) is 18.2 Å². The smallest absolute Gasteiger partial charge is 0.292 e. The number of carbonyl (C=O) groups excluding carboxylic acids is 1. The summed E-state index contributed by atoms with van der Waals surface area (Å²) in [7, 11) is 0. The minimum absolute atomic E-state index is 0.472. The molecule has 0 spiro atoms. The van der Waals surface area contributed by atoms with Crippen LogP contribution in [0.1, 0.15) is 31.1 Å². The van der Waals surface area contributed by atoms with E-state index in [4.69, 9.17) is 15.4 Å². The number of carbonyl (C=O) groups is 1. The second kappa shape index (κ2) is 6.95. The van der Waals surface area contributed by atoms with Crippen molar-refractivity contribution in [1.82, 2.24) is 0 Å². The van der Waals surface area contributed by atoms with Gasteiger partial charge in [-0.2, -0.15) is 4.89 Å². The molecule has 0 amide bonds. The summed E-state index contributed by atoms with van der Waals surface area (Å²) in [6.07, 6.45) is 0. The van der Waals surface area contributed by atoms with Crippen LogP contribution in [0.4, 0.5) is 0 Å². The average molecular weight is 228 g/mol. The molecule has 5 nitrogen and oxygen atoms in total. The fourth-order valence-corrected chi connectivity index (χ4v) is 0.785. The van der Waals surface area contributed by atoms with Crippen LogP contribution in [0.3, 0.4) is 0 Å². The highest BCUT2D eigenvalue weighted by atomic mass is 17.2. The molecule has 16 heavy (non-hydrogen) atoms. The summed E-state index contributed by atoms with van der Waals surface area (Å²) in [5.74, 6) is -0.472. The van der Waals surface area contributed by atoms with Gasteiger partial charge >= 0.3 is 5.97 Å². The summed E-state index contributed by atoms with van der Waals surface area (Å²) in [5, 5.41) is 12.0. The lowest BCUT2D eigenvalue weighted by Gasteiger charge is -2.16. The first-order chi connectivity index (χ1) is 7.49. The first kappa shape index (κ1) is 14.6. The Hall–Kier alpha value is -1.43. The zero-order valence-corrected chi connectivity index (χ0v) is 9.51. The monoisotopic (exact) mass is 228 g/mol.